The van der Waals surface area contributed by atoms with Gasteiger partial charge in [-0.15, -0.1) is 0 Å². The normalized spacial score (nSPS) is 17.9. The van der Waals surface area contributed by atoms with Crippen LogP contribution in [0.2, 0.25) is 0 Å². The topological polar surface area (TPSA) is 21.3 Å². The zero-order chi connectivity index (χ0) is 14.6. The summed E-state index contributed by atoms with van der Waals surface area (Å²) < 4.78 is 19.3. The van der Waals surface area contributed by atoms with Crippen LogP contribution in [0, 0.1) is 11.2 Å². The summed E-state index contributed by atoms with van der Waals surface area (Å²) in [7, 11) is 0. The van der Waals surface area contributed by atoms with E-state index in [4.69, 9.17) is 4.74 Å². The van der Waals surface area contributed by atoms with E-state index in [0.29, 0.717) is 0 Å². The van der Waals surface area contributed by atoms with Gasteiger partial charge in [0.25, 0.3) is 0 Å². The second-order valence-corrected chi connectivity index (χ2v) is 5.89. The number of nitrogens with one attached hydrogen (secondary N) is 1. The lowest BCUT2D eigenvalue weighted by atomic mass is 9.76. The van der Waals surface area contributed by atoms with E-state index in [9.17, 15) is 4.39 Å². The van der Waals surface area contributed by atoms with Crippen molar-refractivity contribution in [1.29, 1.82) is 0 Å². The number of ether oxygens (including phenoxy) is 1. The molecular weight excluding hydrogens is 253 g/mol. The maximum atomic E-state index is 13.3. The summed E-state index contributed by atoms with van der Waals surface area (Å²) in [6.07, 6.45) is 4.33. The molecule has 0 aliphatic carbocycles. The van der Waals surface area contributed by atoms with E-state index in [1.807, 2.05) is 0 Å². The van der Waals surface area contributed by atoms with E-state index in [0.717, 1.165) is 50.1 Å². The molecule has 1 aromatic carbocycles. The van der Waals surface area contributed by atoms with Gasteiger partial charge in [-0.3, -0.25) is 0 Å². The van der Waals surface area contributed by atoms with Crippen molar-refractivity contribution >= 4 is 0 Å². The Morgan fingerprint density at radius 1 is 1.30 bits per heavy atom. The van der Waals surface area contributed by atoms with Crippen molar-refractivity contribution in [2.24, 2.45) is 5.41 Å². The fourth-order valence-electron chi connectivity index (χ4n) is 3.14. The molecule has 2 nitrogen and oxygen atoms in total. The van der Waals surface area contributed by atoms with Crippen LogP contribution < -0.4 is 10.1 Å². The largest absolute Gasteiger partial charge is 0.490 e. The van der Waals surface area contributed by atoms with E-state index in [1.165, 1.54) is 6.07 Å². The van der Waals surface area contributed by atoms with Gasteiger partial charge in [-0.25, -0.2) is 4.39 Å². The molecule has 0 fully saturated rings. The predicted molar refractivity (Wildman–Crippen MR) is 80.7 cm³/mol. The first-order valence-electron chi connectivity index (χ1n) is 7.78. The molecule has 2 rings (SSSR count). The Labute approximate surface area is 121 Å². The van der Waals surface area contributed by atoms with Crippen molar-refractivity contribution in [1.82, 2.24) is 5.32 Å². The van der Waals surface area contributed by atoms with Gasteiger partial charge >= 0.3 is 0 Å². The Morgan fingerprint density at radius 3 is 2.70 bits per heavy atom. The van der Waals surface area contributed by atoms with Gasteiger partial charge in [-0.1, -0.05) is 20.8 Å². The van der Waals surface area contributed by atoms with Gasteiger partial charge in [0, 0.05) is 18.5 Å². The van der Waals surface area contributed by atoms with Crippen LogP contribution in [0.4, 0.5) is 4.39 Å². The highest BCUT2D eigenvalue weighted by atomic mass is 19.1. The molecule has 0 spiro atoms. The first-order chi connectivity index (χ1) is 9.62. The molecule has 112 valence electrons. The second kappa shape index (κ2) is 6.57. The molecule has 0 amide bonds. The Hall–Kier alpha value is -1.09. The molecule has 20 heavy (non-hydrogen) atoms. The summed E-state index contributed by atoms with van der Waals surface area (Å²) >= 11 is 0. The molecule has 1 aliphatic rings. The zero-order valence-electron chi connectivity index (χ0n) is 12.8. The molecule has 1 atom stereocenters. The van der Waals surface area contributed by atoms with E-state index < -0.39 is 0 Å². The van der Waals surface area contributed by atoms with Crippen LogP contribution in [-0.4, -0.2) is 19.2 Å². The minimum Gasteiger partial charge on any atom is -0.490 e. The first-order valence-corrected chi connectivity index (χ1v) is 7.78. The molecule has 0 saturated carbocycles. The van der Waals surface area contributed by atoms with Crippen LogP contribution in [0.15, 0.2) is 18.2 Å². The van der Waals surface area contributed by atoms with Crippen molar-refractivity contribution < 1.29 is 9.13 Å². The van der Waals surface area contributed by atoms with Crippen molar-refractivity contribution in [3.8, 4) is 5.75 Å². The Bertz CT molecular complexity index is 443. The van der Waals surface area contributed by atoms with Crippen LogP contribution >= 0.6 is 0 Å². The van der Waals surface area contributed by atoms with Crippen LogP contribution in [-0.2, 0) is 6.42 Å². The average molecular weight is 279 g/mol. The van der Waals surface area contributed by atoms with Crippen LogP contribution in [0.25, 0.3) is 0 Å². The molecule has 1 unspecified atom stereocenters. The van der Waals surface area contributed by atoms with Crippen molar-refractivity contribution in [2.75, 3.05) is 13.1 Å². The lowest BCUT2D eigenvalue weighted by Crippen LogP contribution is -2.37. The predicted octanol–water partition coefficient (Wildman–Crippen LogP) is 3.94. The Balaban J connectivity index is 2.03. The molecule has 1 heterocycles. The van der Waals surface area contributed by atoms with E-state index >= 15 is 0 Å². The van der Waals surface area contributed by atoms with Gasteiger partial charge in [0.2, 0.25) is 0 Å². The van der Waals surface area contributed by atoms with Crippen LogP contribution in [0.1, 0.15) is 45.6 Å². The van der Waals surface area contributed by atoms with Crippen LogP contribution in [0.3, 0.4) is 0 Å². The Kier molecular flexibility index (Phi) is 5.03. The summed E-state index contributed by atoms with van der Waals surface area (Å²) in [6, 6.07) is 4.85. The molecule has 0 saturated heterocycles. The SMILES string of the molecule is CCNCC(CC)(CC)CC1Cc2cc(F)ccc2O1. The minimum atomic E-state index is -0.169. The summed E-state index contributed by atoms with van der Waals surface area (Å²) in [5, 5.41) is 3.48. The quantitative estimate of drug-likeness (QED) is 0.816. The van der Waals surface area contributed by atoms with E-state index in [2.05, 4.69) is 26.1 Å². The summed E-state index contributed by atoms with van der Waals surface area (Å²) in [5.74, 6) is 0.693. The molecule has 3 heteroatoms. The minimum absolute atomic E-state index is 0.169. The molecule has 1 N–H and O–H groups in total. The zero-order valence-corrected chi connectivity index (χ0v) is 12.8. The molecule has 0 aromatic heterocycles. The molecule has 0 bridgehead atoms. The highest BCUT2D eigenvalue weighted by Gasteiger charge is 2.33. The van der Waals surface area contributed by atoms with Gasteiger partial charge in [0.15, 0.2) is 0 Å². The van der Waals surface area contributed by atoms with Crippen molar-refractivity contribution in [3.63, 3.8) is 0 Å². The van der Waals surface area contributed by atoms with Gasteiger partial charge < -0.3 is 10.1 Å². The lowest BCUT2D eigenvalue weighted by molar-refractivity contribution is 0.123. The Morgan fingerprint density at radius 2 is 2.05 bits per heavy atom. The number of rotatable bonds is 7. The first kappa shape index (κ1) is 15.3. The fraction of sp³-hybridized carbons (Fsp3) is 0.647. The van der Waals surface area contributed by atoms with Gasteiger partial charge in [0.05, 0.1) is 0 Å². The number of hydrogen-bond acceptors (Lipinski definition) is 2. The highest BCUT2D eigenvalue weighted by molar-refractivity contribution is 5.37. The smallest absolute Gasteiger partial charge is 0.123 e. The third-order valence-corrected chi connectivity index (χ3v) is 4.67. The molecule has 1 aliphatic heterocycles. The van der Waals surface area contributed by atoms with Crippen molar-refractivity contribution in [3.05, 3.63) is 29.6 Å². The average Bonchev–Trinajstić information content (AvgIpc) is 2.84. The maximum Gasteiger partial charge on any atom is 0.123 e. The van der Waals surface area contributed by atoms with E-state index in [-0.39, 0.29) is 17.3 Å². The molecule has 1 aromatic rings. The monoisotopic (exact) mass is 279 g/mol. The summed E-state index contributed by atoms with van der Waals surface area (Å²) in [4.78, 5) is 0. The molecule has 0 radical (unpaired) electrons. The molecular formula is C17H26FNO. The third kappa shape index (κ3) is 3.32. The van der Waals surface area contributed by atoms with Crippen LogP contribution in [0.5, 0.6) is 5.75 Å². The third-order valence-electron chi connectivity index (χ3n) is 4.67. The highest BCUT2D eigenvalue weighted by Crippen LogP contribution is 2.38. The number of halogens is 1. The fourth-order valence-corrected chi connectivity index (χ4v) is 3.14. The van der Waals surface area contributed by atoms with E-state index in [1.54, 1.807) is 12.1 Å². The summed E-state index contributed by atoms with van der Waals surface area (Å²) in [5.41, 5.74) is 1.29. The van der Waals surface area contributed by atoms with Gasteiger partial charge in [-0.05, 0) is 49.4 Å². The number of fused-ring (bicyclic) bond motifs is 1. The maximum absolute atomic E-state index is 13.3. The lowest BCUT2D eigenvalue weighted by Gasteiger charge is -2.34. The van der Waals surface area contributed by atoms with Gasteiger partial charge in [-0.2, -0.15) is 0 Å². The number of hydrogen-bond donors (Lipinski definition) is 1. The standard InChI is InChI=1S/C17H26FNO/c1-4-17(5-2,12-19-6-3)11-15-10-13-9-14(18)7-8-16(13)20-15/h7-9,15,19H,4-6,10-12H2,1-3H3. The number of benzene rings is 1. The van der Waals surface area contributed by atoms with Gasteiger partial charge in [0.1, 0.15) is 17.7 Å². The second-order valence-electron chi connectivity index (χ2n) is 5.89. The summed E-state index contributed by atoms with van der Waals surface area (Å²) in [6.45, 7) is 8.67. The van der Waals surface area contributed by atoms with Crippen molar-refractivity contribution in [2.45, 2.75) is 52.6 Å².